The molecule has 0 heterocycles. The molecule has 0 bridgehead atoms. The molecule has 1 aliphatic carbocycles. The van der Waals surface area contributed by atoms with E-state index in [4.69, 9.17) is 8.85 Å². The molecule has 0 amide bonds. The fourth-order valence-electron chi connectivity index (χ4n) is 1.25. The van der Waals surface area contributed by atoms with Gasteiger partial charge in [0.2, 0.25) is 0 Å². The molecule has 0 atom stereocenters. The van der Waals surface area contributed by atoms with Gasteiger partial charge in [-0.05, 0) is 18.5 Å². The predicted octanol–water partition coefficient (Wildman–Crippen LogP) is 1.32. The Bertz CT molecular complexity index is 192. The van der Waals surface area contributed by atoms with Gasteiger partial charge in [-0.25, -0.2) is 0 Å². The maximum Gasteiger partial charge on any atom is 0.351 e. The minimum Gasteiger partial charge on any atom is -0.397 e. The summed E-state index contributed by atoms with van der Waals surface area (Å²) in [6.07, 6.45) is 5.39. The third-order valence-electron chi connectivity index (χ3n) is 1.80. The Morgan fingerprint density at radius 1 is 1.36 bits per heavy atom. The standard InChI is InChI=1S/C8H14O2Si/c1-7-4-5-8(6-7)11(9-2)10-3/h4,6,11H,5H2,1-3H3. The fraction of sp³-hybridized carbons (Fsp3) is 0.500. The molecule has 0 aliphatic heterocycles. The lowest BCUT2D eigenvalue weighted by atomic mass is 10.3. The van der Waals surface area contributed by atoms with E-state index in [1.807, 2.05) is 0 Å². The van der Waals surface area contributed by atoms with Gasteiger partial charge >= 0.3 is 9.28 Å². The van der Waals surface area contributed by atoms with Crippen molar-refractivity contribution in [3.05, 3.63) is 22.9 Å². The number of hydrogen-bond donors (Lipinski definition) is 0. The van der Waals surface area contributed by atoms with Crippen LogP contribution in [0.5, 0.6) is 0 Å². The lowest BCUT2D eigenvalue weighted by Gasteiger charge is -2.10. The molecule has 11 heavy (non-hydrogen) atoms. The van der Waals surface area contributed by atoms with Crippen molar-refractivity contribution in [2.75, 3.05) is 14.2 Å². The highest BCUT2D eigenvalue weighted by Crippen LogP contribution is 2.19. The molecule has 0 unspecified atom stereocenters. The summed E-state index contributed by atoms with van der Waals surface area (Å²) in [5.41, 5.74) is 1.33. The van der Waals surface area contributed by atoms with Crippen LogP contribution in [-0.2, 0) is 8.85 Å². The largest absolute Gasteiger partial charge is 0.397 e. The molecule has 0 radical (unpaired) electrons. The van der Waals surface area contributed by atoms with Gasteiger partial charge in [-0.3, -0.25) is 0 Å². The first-order valence-corrected chi connectivity index (χ1v) is 5.22. The lowest BCUT2D eigenvalue weighted by molar-refractivity contribution is 0.286. The quantitative estimate of drug-likeness (QED) is 0.595. The summed E-state index contributed by atoms with van der Waals surface area (Å²) in [6, 6.07) is 0. The monoisotopic (exact) mass is 170 g/mol. The van der Waals surface area contributed by atoms with Crippen molar-refractivity contribution in [2.24, 2.45) is 0 Å². The average Bonchev–Trinajstić information content (AvgIpc) is 2.39. The third kappa shape index (κ3) is 2.02. The highest BCUT2D eigenvalue weighted by atomic mass is 28.3. The molecular weight excluding hydrogens is 156 g/mol. The first kappa shape index (κ1) is 8.71. The van der Waals surface area contributed by atoms with Crippen molar-refractivity contribution in [2.45, 2.75) is 13.3 Å². The Morgan fingerprint density at radius 3 is 2.36 bits per heavy atom. The van der Waals surface area contributed by atoms with Gasteiger partial charge in [-0.15, -0.1) is 0 Å². The SMILES string of the molecule is CO[SiH](OC)C1=CC(C)=CC1. The van der Waals surface area contributed by atoms with Crippen molar-refractivity contribution >= 4 is 9.28 Å². The number of hydrogen-bond acceptors (Lipinski definition) is 2. The molecule has 3 heteroatoms. The van der Waals surface area contributed by atoms with Crippen LogP contribution < -0.4 is 0 Å². The minimum absolute atomic E-state index is 1.02. The molecule has 0 aromatic carbocycles. The van der Waals surface area contributed by atoms with Gasteiger partial charge in [0, 0.05) is 14.2 Å². The van der Waals surface area contributed by atoms with E-state index in [1.54, 1.807) is 14.2 Å². The van der Waals surface area contributed by atoms with Crippen LogP contribution in [0.2, 0.25) is 0 Å². The zero-order valence-electron chi connectivity index (χ0n) is 7.26. The maximum atomic E-state index is 5.25. The zero-order chi connectivity index (χ0) is 8.27. The van der Waals surface area contributed by atoms with Crippen LogP contribution >= 0.6 is 0 Å². The highest BCUT2D eigenvalue weighted by molar-refractivity contribution is 6.53. The van der Waals surface area contributed by atoms with Crippen LogP contribution in [0.3, 0.4) is 0 Å². The van der Waals surface area contributed by atoms with Gasteiger partial charge in [0.25, 0.3) is 0 Å². The van der Waals surface area contributed by atoms with Crippen molar-refractivity contribution < 1.29 is 8.85 Å². The molecule has 0 spiro atoms. The van der Waals surface area contributed by atoms with Crippen LogP contribution in [0.1, 0.15) is 13.3 Å². The van der Waals surface area contributed by atoms with Crippen molar-refractivity contribution in [3.8, 4) is 0 Å². The van der Waals surface area contributed by atoms with Crippen LogP contribution in [0.25, 0.3) is 0 Å². The van der Waals surface area contributed by atoms with Gasteiger partial charge in [0.1, 0.15) is 0 Å². The van der Waals surface area contributed by atoms with Crippen molar-refractivity contribution in [1.29, 1.82) is 0 Å². The number of rotatable bonds is 3. The van der Waals surface area contributed by atoms with E-state index in [-0.39, 0.29) is 0 Å². The molecule has 0 saturated carbocycles. The summed E-state index contributed by atoms with van der Waals surface area (Å²) in [7, 11) is 1.96. The molecule has 0 fully saturated rings. The van der Waals surface area contributed by atoms with Gasteiger partial charge in [0.05, 0.1) is 0 Å². The lowest BCUT2D eigenvalue weighted by Crippen LogP contribution is -2.21. The van der Waals surface area contributed by atoms with E-state index in [0.29, 0.717) is 0 Å². The predicted molar refractivity (Wildman–Crippen MR) is 47.6 cm³/mol. The Hall–Kier alpha value is -0.383. The molecule has 0 aromatic rings. The van der Waals surface area contributed by atoms with Crippen LogP contribution in [0, 0.1) is 0 Å². The van der Waals surface area contributed by atoms with Gasteiger partial charge in [0.15, 0.2) is 0 Å². The molecule has 1 rings (SSSR count). The smallest absolute Gasteiger partial charge is 0.351 e. The summed E-state index contributed by atoms with van der Waals surface area (Å²) in [5, 5.41) is 1.34. The zero-order valence-corrected chi connectivity index (χ0v) is 8.41. The van der Waals surface area contributed by atoms with Gasteiger partial charge < -0.3 is 8.85 Å². The Kier molecular flexibility index (Phi) is 3.05. The Morgan fingerprint density at radius 2 is 2.00 bits per heavy atom. The first-order chi connectivity index (χ1) is 5.27. The average molecular weight is 170 g/mol. The van der Waals surface area contributed by atoms with Crippen molar-refractivity contribution in [3.63, 3.8) is 0 Å². The van der Waals surface area contributed by atoms with Crippen LogP contribution in [0.4, 0.5) is 0 Å². The normalized spacial score (nSPS) is 17.1. The molecule has 0 saturated heterocycles. The van der Waals surface area contributed by atoms with Crippen LogP contribution in [0.15, 0.2) is 22.9 Å². The summed E-state index contributed by atoms with van der Waals surface area (Å²) < 4.78 is 10.5. The summed E-state index contributed by atoms with van der Waals surface area (Å²) in [5.74, 6) is 0. The molecule has 62 valence electrons. The van der Waals surface area contributed by atoms with E-state index in [2.05, 4.69) is 19.1 Å². The fourth-order valence-corrected chi connectivity index (χ4v) is 2.76. The highest BCUT2D eigenvalue weighted by Gasteiger charge is 2.17. The maximum absolute atomic E-state index is 5.25. The summed E-state index contributed by atoms with van der Waals surface area (Å²) >= 11 is 0. The van der Waals surface area contributed by atoms with E-state index >= 15 is 0 Å². The Balaban J connectivity index is 2.56. The molecule has 0 aromatic heterocycles. The third-order valence-corrected chi connectivity index (χ3v) is 3.67. The first-order valence-electron chi connectivity index (χ1n) is 3.70. The van der Waals surface area contributed by atoms with E-state index < -0.39 is 9.28 Å². The van der Waals surface area contributed by atoms with Crippen LogP contribution in [-0.4, -0.2) is 23.5 Å². The number of allylic oxidation sites excluding steroid dienone is 4. The van der Waals surface area contributed by atoms with Gasteiger partial charge in [-0.1, -0.05) is 17.7 Å². The van der Waals surface area contributed by atoms with E-state index in [1.165, 1.54) is 10.8 Å². The second-order valence-electron chi connectivity index (χ2n) is 2.67. The molecule has 2 nitrogen and oxygen atoms in total. The van der Waals surface area contributed by atoms with Gasteiger partial charge in [-0.2, -0.15) is 0 Å². The van der Waals surface area contributed by atoms with E-state index in [0.717, 1.165) is 6.42 Å². The Labute approximate surface area is 69.4 Å². The summed E-state index contributed by atoms with van der Waals surface area (Å²) in [6.45, 7) is 2.10. The summed E-state index contributed by atoms with van der Waals surface area (Å²) in [4.78, 5) is 0. The molecule has 1 aliphatic rings. The minimum atomic E-state index is -1.47. The topological polar surface area (TPSA) is 18.5 Å². The second-order valence-corrected chi connectivity index (χ2v) is 5.02. The molecule has 0 N–H and O–H groups in total. The molecular formula is C8H14O2Si. The van der Waals surface area contributed by atoms with Crippen molar-refractivity contribution in [1.82, 2.24) is 0 Å². The second kappa shape index (κ2) is 3.85. The van der Waals surface area contributed by atoms with E-state index in [9.17, 15) is 0 Å².